The molecule has 3 aliphatic carbocycles. The molecule has 0 saturated heterocycles. The third-order valence-electron chi connectivity index (χ3n) is 13.3. The molecule has 2 atom stereocenters. The molecule has 58 heavy (non-hydrogen) atoms. The van der Waals surface area contributed by atoms with Crippen LogP contribution in [0.1, 0.15) is 44.5 Å². The molecule has 1 heterocycles. The molecular weight excluding hydrogens is 701 g/mol. The molecule has 0 fully saturated rings. The summed E-state index contributed by atoms with van der Waals surface area (Å²) in [5.41, 5.74) is 18.6. The lowest BCUT2D eigenvalue weighted by atomic mass is 9.52. The Morgan fingerprint density at radius 3 is 1.76 bits per heavy atom. The molecule has 0 radical (unpaired) electrons. The third kappa shape index (κ3) is 3.87. The number of nitrogens with zero attached hydrogens (tertiary/aromatic N) is 2. The Labute approximate surface area is 336 Å². The summed E-state index contributed by atoms with van der Waals surface area (Å²) in [6.45, 7) is 0. The molecule has 0 saturated carbocycles. The van der Waals surface area contributed by atoms with Gasteiger partial charge in [-0.1, -0.05) is 194 Å². The molecule has 268 valence electrons. The van der Waals surface area contributed by atoms with E-state index in [-0.39, 0.29) is 0 Å². The van der Waals surface area contributed by atoms with Crippen LogP contribution in [0.3, 0.4) is 0 Å². The summed E-state index contributed by atoms with van der Waals surface area (Å²) in [6, 6.07) is 76.2. The fourth-order valence-corrected chi connectivity index (χ4v) is 11.2. The second-order valence-corrected chi connectivity index (χ2v) is 15.9. The van der Waals surface area contributed by atoms with Gasteiger partial charge in [-0.3, -0.25) is 0 Å². The summed E-state index contributed by atoms with van der Waals surface area (Å²) in [4.78, 5) is 10.9. The number of aromatic nitrogens is 2. The Balaban J connectivity index is 1.14. The van der Waals surface area contributed by atoms with Crippen LogP contribution in [0, 0.1) is 0 Å². The van der Waals surface area contributed by atoms with Gasteiger partial charge in [0.25, 0.3) is 0 Å². The fourth-order valence-electron chi connectivity index (χ4n) is 11.2. The Hall–Kier alpha value is -7.42. The van der Waals surface area contributed by atoms with Gasteiger partial charge >= 0.3 is 0 Å². The first kappa shape index (κ1) is 31.7. The highest BCUT2D eigenvalue weighted by Crippen LogP contribution is 2.69. The maximum absolute atomic E-state index is 5.52. The zero-order valence-corrected chi connectivity index (χ0v) is 31.5. The summed E-state index contributed by atoms with van der Waals surface area (Å²) >= 11 is 0. The van der Waals surface area contributed by atoms with Crippen LogP contribution in [-0.4, -0.2) is 9.97 Å². The molecule has 0 aliphatic heterocycles. The lowest BCUT2D eigenvalue weighted by molar-refractivity contribution is 0.636. The van der Waals surface area contributed by atoms with Gasteiger partial charge in [0.2, 0.25) is 0 Å². The van der Waals surface area contributed by atoms with E-state index in [1.165, 1.54) is 77.5 Å². The summed E-state index contributed by atoms with van der Waals surface area (Å²) in [6.07, 6.45) is 0. The van der Waals surface area contributed by atoms with E-state index in [1.54, 1.807) is 0 Å². The SMILES string of the molecule is c1ccc(C23c4ccccc4-c4cccc(c42)C2(c4ccccc4-c4c(-c5nc(-c6ccc7ccccc7c6)c6ccccc6n5)cccc42)c2ccccc23)cc1. The molecule has 2 nitrogen and oxygen atoms in total. The van der Waals surface area contributed by atoms with Crippen LogP contribution in [0.15, 0.2) is 206 Å². The van der Waals surface area contributed by atoms with Crippen molar-refractivity contribution in [1.82, 2.24) is 9.97 Å². The molecule has 1 aromatic heterocycles. The van der Waals surface area contributed by atoms with Crippen LogP contribution < -0.4 is 0 Å². The maximum Gasteiger partial charge on any atom is 0.161 e. The molecule has 3 aliphatic rings. The van der Waals surface area contributed by atoms with Gasteiger partial charge < -0.3 is 0 Å². The van der Waals surface area contributed by atoms with Crippen molar-refractivity contribution in [3.63, 3.8) is 0 Å². The molecule has 2 unspecified atom stereocenters. The van der Waals surface area contributed by atoms with Crippen molar-refractivity contribution in [2.24, 2.45) is 0 Å². The number of rotatable bonds is 3. The van der Waals surface area contributed by atoms with E-state index < -0.39 is 10.8 Å². The van der Waals surface area contributed by atoms with Gasteiger partial charge in [-0.15, -0.1) is 0 Å². The van der Waals surface area contributed by atoms with Crippen molar-refractivity contribution in [3.8, 4) is 44.9 Å². The second-order valence-electron chi connectivity index (χ2n) is 15.9. The van der Waals surface area contributed by atoms with E-state index in [0.29, 0.717) is 0 Å². The van der Waals surface area contributed by atoms with Gasteiger partial charge in [0, 0.05) is 16.5 Å². The molecule has 1 spiro atoms. The number of hydrogen-bond acceptors (Lipinski definition) is 2. The van der Waals surface area contributed by atoms with Gasteiger partial charge in [-0.2, -0.15) is 0 Å². The average Bonchev–Trinajstić information content (AvgIpc) is 3.77. The molecule has 9 aromatic carbocycles. The molecular formula is C56H34N2. The van der Waals surface area contributed by atoms with Crippen molar-refractivity contribution >= 4 is 21.7 Å². The van der Waals surface area contributed by atoms with Gasteiger partial charge in [0.15, 0.2) is 5.82 Å². The summed E-state index contributed by atoms with van der Waals surface area (Å²) in [7, 11) is 0. The third-order valence-corrected chi connectivity index (χ3v) is 13.3. The van der Waals surface area contributed by atoms with E-state index in [0.717, 1.165) is 33.5 Å². The number of benzene rings is 9. The topological polar surface area (TPSA) is 25.8 Å². The minimum Gasteiger partial charge on any atom is -0.228 e. The number of para-hydroxylation sites is 1. The van der Waals surface area contributed by atoms with Gasteiger partial charge in [0.1, 0.15) is 0 Å². The summed E-state index contributed by atoms with van der Waals surface area (Å²) in [5, 5.41) is 3.46. The van der Waals surface area contributed by atoms with Crippen molar-refractivity contribution in [2.75, 3.05) is 0 Å². The fraction of sp³-hybridized carbons (Fsp3) is 0.0357. The van der Waals surface area contributed by atoms with Crippen LogP contribution in [-0.2, 0) is 10.8 Å². The van der Waals surface area contributed by atoms with Crippen molar-refractivity contribution < 1.29 is 0 Å². The molecule has 0 N–H and O–H groups in total. The monoisotopic (exact) mass is 734 g/mol. The van der Waals surface area contributed by atoms with Gasteiger partial charge in [0.05, 0.1) is 22.0 Å². The van der Waals surface area contributed by atoms with E-state index in [2.05, 4.69) is 206 Å². The van der Waals surface area contributed by atoms with E-state index >= 15 is 0 Å². The minimum atomic E-state index is -0.581. The first-order valence-electron chi connectivity index (χ1n) is 20.2. The lowest BCUT2D eigenvalue weighted by Gasteiger charge is -2.48. The normalized spacial score (nSPS) is 17.8. The Morgan fingerprint density at radius 2 is 0.931 bits per heavy atom. The Bertz CT molecular complexity index is 3360. The molecule has 0 amide bonds. The van der Waals surface area contributed by atoms with Crippen LogP contribution in [0.2, 0.25) is 0 Å². The van der Waals surface area contributed by atoms with Crippen LogP contribution in [0.5, 0.6) is 0 Å². The highest BCUT2D eigenvalue weighted by atomic mass is 14.9. The van der Waals surface area contributed by atoms with Crippen molar-refractivity contribution in [3.05, 3.63) is 251 Å². The highest BCUT2D eigenvalue weighted by molar-refractivity contribution is 6.01. The second kappa shape index (κ2) is 11.6. The quantitative estimate of drug-likeness (QED) is 0.181. The standard InChI is InChI=1S/C56H34N2/c1-2-18-38(19-3-1)55-44-25-9-6-20-39(44)40-23-14-30-49(52(40)55)56(47-28-12-11-27-46(47)55)45-26-10-7-21-41(45)51-43(24-15-29-48(51)56)54-57-50-31-13-8-22-42(50)53(58-54)37-33-32-35-16-4-5-17-36(35)34-37/h1-34H. The zero-order chi connectivity index (χ0) is 38.0. The average molecular weight is 735 g/mol. The molecule has 10 aromatic rings. The predicted octanol–water partition coefficient (Wildman–Crippen LogP) is 13.2. The number of fused-ring (bicyclic) bond motifs is 14. The van der Waals surface area contributed by atoms with Crippen LogP contribution in [0.4, 0.5) is 0 Å². The van der Waals surface area contributed by atoms with Crippen LogP contribution in [0.25, 0.3) is 66.6 Å². The maximum atomic E-state index is 5.52. The smallest absolute Gasteiger partial charge is 0.161 e. The molecule has 13 rings (SSSR count). The first-order valence-corrected chi connectivity index (χ1v) is 20.2. The predicted molar refractivity (Wildman–Crippen MR) is 236 cm³/mol. The highest BCUT2D eigenvalue weighted by Gasteiger charge is 2.59. The molecule has 2 heteroatoms. The molecule has 0 bridgehead atoms. The van der Waals surface area contributed by atoms with Crippen molar-refractivity contribution in [1.29, 1.82) is 0 Å². The number of hydrogen-bond donors (Lipinski definition) is 0. The van der Waals surface area contributed by atoms with Crippen LogP contribution >= 0.6 is 0 Å². The van der Waals surface area contributed by atoms with E-state index in [9.17, 15) is 0 Å². The van der Waals surface area contributed by atoms with Gasteiger partial charge in [-0.05, 0) is 89.7 Å². The summed E-state index contributed by atoms with van der Waals surface area (Å²) in [5.74, 6) is 0.735. The van der Waals surface area contributed by atoms with Gasteiger partial charge in [-0.25, -0.2) is 9.97 Å². The van der Waals surface area contributed by atoms with E-state index in [1.807, 2.05) is 0 Å². The Kier molecular flexibility index (Phi) is 6.33. The first-order chi connectivity index (χ1) is 28.8. The van der Waals surface area contributed by atoms with E-state index in [4.69, 9.17) is 9.97 Å². The Morgan fingerprint density at radius 1 is 0.345 bits per heavy atom. The lowest BCUT2D eigenvalue weighted by Crippen LogP contribution is -2.43. The summed E-state index contributed by atoms with van der Waals surface area (Å²) < 4.78 is 0. The minimum absolute atomic E-state index is 0.475. The van der Waals surface area contributed by atoms with Crippen molar-refractivity contribution in [2.45, 2.75) is 10.8 Å². The zero-order valence-electron chi connectivity index (χ0n) is 31.5. The largest absolute Gasteiger partial charge is 0.228 e.